The summed E-state index contributed by atoms with van der Waals surface area (Å²) >= 11 is 10.00. The van der Waals surface area contributed by atoms with E-state index in [1.165, 1.54) is 0 Å². The predicted molar refractivity (Wildman–Crippen MR) is 221 cm³/mol. The van der Waals surface area contributed by atoms with Crippen molar-refractivity contribution in [2.24, 2.45) is 11.8 Å². The zero-order valence-corrected chi connectivity index (χ0v) is 31.9. The third-order valence-electron chi connectivity index (χ3n) is 9.87. The highest BCUT2D eigenvalue weighted by atomic mass is 32.1. The van der Waals surface area contributed by atoms with Gasteiger partial charge in [-0.1, -0.05) is 146 Å². The van der Waals surface area contributed by atoms with Crippen LogP contribution in [0.4, 0.5) is 0 Å². The fourth-order valence-electron chi connectivity index (χ4n) is 7.05. The van der Waals surface area contributed by atoms with Gasteiger partial charge in [-0.05, 0) is 59.4 Å². The van der Waals surface area contributed by atoms with Gasteiger partial charge in [-0.3, -0.25) is 9.59 Å². The molecule has 6 nitrogen and oxygen atoms in total. The summed E-state index contributed by atoms with van der Waals surface area (Å²) in [5, 5.41) is -1.09. The lowest BCUT2D eigenvalue weighted by Gasteiger charge is -2.35. The Morgan fingerprint density at radius 2 is 0.782 bits per heavy atom. The first kappa shape index (κ1) is 37.9. The van der Waals surface area contributed by atoms with Crippen molar-refractivity contribution >= 4 is 37.2 Å². The van der Waals surface area contributed by atoms with Gasteiger partial charge >= 0.3 is 17.7 Å². The molecule has 0 amide bonds. The monoisotopic (exact) mass is 766 g/mol. The summed E-state index contributed by atoms with van der Waals surface area (Å²) in [6, 6.07) is 53.3. The molecule has 0 saturated heterocycles. The highest BCUT2D eigenvalue weighted by Gasteiger charge is 2.52. The van der Waals surface area contributed by atoms with Crippen LogP contribution in [0.1, 0.15) is 45.6 Å². The zero-order chi connectivity index (χ0) is 38.0. The van der Waals surface area contributed by atoms with Crippen molar-refractivity contribution in [1.82, 2.24) is 0 Å². The van der Waals surface area contributed by atoms with Gasteiger partial charge in [-0.25, -0.2) is 0 Å². The molecule has 0 bridgehead atoms. The third-order valence-corrected chi connectivity index (χ3v) is 11.2. The van der Waals surface area contributed by atoms with Gasteiger partial charge in [0.25, 0.3) is 0 Å². The minimum atomic E-state index is -1.90. The van der Waals surface area contributed by atoms with E-state index < -0.39 is 40.1 Å². The number of thiol groups is 2. The Balaban J connectivity index is 1.25. The highest BCUT2D eigenvalue weighted by molar-refractivity contribution is 7.80. The Kier molecular flexibility index (Phi) is 12.3. The third kappa shape index (κ3) is 8.61. The van der Waals surface area contributed by atoms with E-state index in [4.69, 9.17) is 44.2 Å². The maximum atomic E-state index is 14.9. The molecule has 0 aromatic heterocycles. The second kappa shape index (κ2) is 17.8. The van der Waals surface area contributed by atoms with E-state index in [1.807, 2.05) is 170 Å². The van der Waals surface area contributed by atoms with E-state index in [2.05, 4.69) is 0 Å². The van der Waals surface area contributed by atoms with E-state index in [0.717, 1.165) is 22.3 Å². The molecule has 8 heteroatoms. The topological polar surface area (TPSA) is 71.1 Å². The normalized spacial score (nSPS) is 14.7. The Bertz CT molecular complexity index is 2010. The molecule has 7 rings (SSSR count). The fraction of sp³-hybridized carbons (Fsp3) is 0.191. The molecule has 0 N–H and O–H groups in total. The standard InChI is InChI=1S/C47H42O6S2/c48-45(39(43(54)33-17-5-1-6-18-33)29-31-50-35-21-9-3-10-22-35)52-47(41-27-15-13-25-37(41)38-26-14-16-28-42(38)47)53-46(49)40(44(55)34-19-7-2-8-20-34)30-32-51-36-23-11-4-12-24-36/h1-28,39-40,43-44,54-55H,29-32H2. The molecule has 0 aliphatic heterocycles. The predicted octanol–water partition coefficient (Wildman–Crippen LogP) is 10.5. The molecule has 6 aromatic rings. The summed E-state index contributed by atoms with van der Waals surface area (Å²) < 4.78 is 25.5. The number of fused-ring (bicyclic) bond motifs is 3. The van der Waals surface area contributed by atoms with Crippen LogP contribution in [-0.2, 0) is 24.8 Å². The molecule has 1 aliphatic rings. The average Bonchev–Trinajstić information content (AvgIpc) is 3.50. The maximum Gasteiger partial charge on any atom is 0.314 e. The first-order chi connectivity index (χ1) is 26.9. The van der Waals surface area contributed by atoms with Crippen molar-refractivity contribution in [2.75, 3.05) is 13.2 Å². The van der Waals surface area contributed by atoms with Crippen LogP contribution in [0.5, 0.6) is 11.5 Å². The lowest BCUT2D eigenvalue weighted by molar-refractivity contribution is -0.223. The quantitative estimate of drug-likeness (QED) is 0.0581. The first-order valence-electron chi connectivity index (χ1n) is 18.4. The van der Waals surface area contributed by atoms with Crippen LogP contribution < -0.4 is 9.47 Å². The van der Waals surface area contributed by atoms with Crippen molar-refractivity contribution in [3.05, 3.63) is 192 Å². The van der Waals surface area contributed by atoms with E-state index in [-0.39, 0.29) is 26.1 Å². The molecule has 0 heterocycles. The number of ether oxygens (including phenoxy) is 4. The van der Waals surface area contributed by atoms with Crippen molar-refractivity contribution in [3.63, 3.8) is 0 Å². The summed E-state index contributed by atoms with van der Waals surface area (Å²) in [4.78, 5) is 29.7. The van der Waals surface area contributed by atoms with Gasteiger partial charge in [-0.15, -0.1) is 0 Å². The molecular formula is C47H42O6S2. The Morgan fingerprint density at radius 3 is 1.16 bits per heavy atom. The van der Waals surface area contributed by atoms with Crippen LogP contribution in [-0.4, -0.2) is 25.2 Å². The number of carbonyl (C=O) groups excluding carboxylic acids is 2. The number of rotatable bonds is 16. The molecule has 4 unspecified atom stereocenters. The molecule has 1 aliphatic carbocycles. The Morgan fingerprint density at radius 1 is 0.455 bits per heavy atom. The zero-order valence-electron chi connectivity index (χ0n) is 30.1. The second-order valence-electron chi connectivity index (χ2n) is 13.4. The number of hydrogen-bond acceptors (Lipinski definition) is 8. The molecule has 0 radical (unpaired) electrons. The van der Waals surface area contributed by atoms with Crippen LogP contribution in [0.2, 0.25) is 0 Å². The van der Waals surface area contributed by atoms with E-state index in [9.17, 15) is 9.59 Å². The van der Waals surface area contributed by atoms with Gasteiger partial charge in [0.1, 0.15) is 11.5 Å². The largest absolute Gasteiger partial charge is 0.494 e. The van der Waals surface area contributed by atoms with E-state index >= 15 is 0 Å². The summed E-state index contributed by atoms with van der Waals surface area (Å²) in [6.07, 6.45) is 0.576. The van der Waals surface area contributed by atoms with Crippen LogP contribution >= 0.6 is 25.3 Å². The van der Waals surface area contributed by atoms with Crippen LogP contribution in [0, 0.1) is 11.8 Å². The Hall–Kier alpha value is -5.44. The van der Waals surface area contributed by atoms with Gasteiger partial charge < -0.3 is 18.9 Å². The molecule has 0 fully saturated rings. The smallest absolute Gasteiger partial charge is 0.314 e. The number of benzene rings is 6. The SMILES string of the molecule is O=C(OC1(OC(=O)C(CCOc2ccccc2)C(S)c2ccccc2)c2ccccc2-c2ccccc21)C(CCOc1ccccc1)C(S)c1ccccc1. The lowest BCUT2D eigenvalue weighted by atomic mass is 9.94. The van der Waals surface area contributed by atoms with E-state index in [0.29, 0.717) is 22.6 Å². The fourth-order valence-corrected chi connectivity index (χ4v) is 7.93. The van der Waals surface area contributed by atoms with Gasteiger partial charge in [0.05, 0.1) is 25.0 Å². The van der Waals surface area contributed by atoms with Crippen LogP contribution in [0.15, 0.2) is 170 Å². The van der Waals surface area contributed by atoms with Gasteiger partial charge in [0.15, 0.2) is 0 Å². The van der Waals surface area contributed by atoms with Gasteiger partial charge in [0.2, 0.25) is 0 Å². The van der Waals surface area contributed by atoms with Gasteiger partial charge in [-0.2, -0.15) is 25.3 Å². The molecule has 278 valence electrons. The van der Waals surface area contributed by atoms with Crippen molar-refractivity contribution in [3.8, 4) is 22.6 Å². The average molecular weight is 767 g/mol. The minimum Gasteiger partial charge on any atom is -0.494 e. The van der Waals surface area contributed by atoms with Crippen molar-refractivity contribution in [2.45, 2.75) is 29.1 Å². The Labute approximate surface area is 333 Å². The maximum absolute atomic E-state index is 14.9. The highest BCUT2D eigenvalue weighted by Crippen LogP contribution is 2.52. The summed E-state index contributed by atoms with van der Waals surface area (Å²) in [7, 11) is 0. The molecule has 4 atom stereocenters. The summed E-state index contributed by atoms with van der Waals surface area (Å²) in [6.45, 7) is 0.463. The molecule has 0 saturated carbocycles. The molecule has 6 aromatic carbocycles. The molecule has 0 spiro atoms. The lowest BCUT2D eigenvalue weighted by Crippen LogP contribution is -2.42. The number of para-hydroxylation sites is 2. The minimum absolute atomic E-state index is 0.232. The van der Waals surface area contributed by atoms with Crippen LogP contribution in [0.25, 0.3) is 11.1 Å². The second-order valence-corrected chi connectivity index (χ2v) is 14.5. The first-order valence-corrected chi connectivity index (χ1v) is 19.4. The summed E-state index contributed by atoms with van der Waals surface area (Å²) in [5.74, 6) is -3.22. The number of esters is 2. The van der Waals surface area contributed by atoms with Gasteiger partial charge in [0, 0.05) is 21.6 Å². The van der Waals surface area contributed by atoms with Crippen molar-refractivity contribution < 1.29 is 28.5 Å². The molecule has 55 heavy (non-hydrogen) atoms. The van der Waals surface area contributed by atoms with E-state index in [1.54, 1.807) is 0 Å². The number of carbonyl (C=O) groups is 2. The summed E-state index contributed by atoms with van der Waals surface area (Å²) in [5.41, 5.74) is 4.44. The number of hydrogen-bond donors (Lipinski definition) is 2. The van der Waals surface area contributed by atoms with Crippen LogP contribution in [0.3, 0.4) is 0 Å². The molecular weight excluding hydrogens is 725 g/mol. The van der Waals surface area contributed by atoms with Crippen molar-refractivity contribution in [1.29, 1.82) is 0 Å².